The minimum atomic E-state index is -0.990. The first-order chi connectivity index (χ1) is 16.2. The lowest BCUT2D eigenvalue weighted by Crippen LogP contribution is -2.63. The number of halogens is 2. The smallest absolute Gasteiger partial charge is 0.276 e. The van der Waals surface area contributed by atoms with Crippen molar-refractivity contribution in [2.24, 2.45) is 5.41 Å². The summed E-state index contributed by atoms with van der Waals surface area (Å²) < 4.78 is 34.4. The van der Waals surface area contributed by atoms with Crippen LogP contribution in [0.15, 0.2) is 29.2 Å². The molecule has 2 fully saturated rings. The summed E-state index contributed by atoms with van der Waals surface area (Å²) in [6.45, 7) is 2.38. The van der Waals surface area contributed by atoms with Gasteiger partial charge in [0.2, 0.25) is 5.43 Å². The maximum atomic E-state index is 13.9. The number of nitrogens with one attached hydrogen (secondary N) is 1. The Balaban J connectivity index is 1.42. The molecule has 0 unspecified atom stereocenters. The van der Waals surface area contributed by atoms with E-state index in [1.807, 2.05) is 6.92 Å². The highest BCUT2D eigenvalue weighted by Crippen LogP contribution is 2.47. The van der Waals surface area contributed by atoms with Crippen molar-refractivity contribution in [1.82, 2.24) is 14.8 Å². The number of ether oxygens (including phenoxy) is 1. The van der Waals surface area contributed by atoms with Gasteiger partial charge in [-0.1, -0.05) is 18.9 Å². The van der Waals surface area contributed by atoms with E-state index < -0.39 is 40.9 Å². The molecule has 34 heavy (non-hydrogen) atoms. The number of pyridine rings is 1. The van der Waals surface area contributed by atoms with Gasteiger partial charge in [-0.3, -0.25) is 14.4 Å². The molecule has 3 heterocycles. The van der Waals surface area contributed by atoms with Crippen LogP contribution in [-0.2, 0) is 17.8 Å². The van der Waals surface area contributed by atoms with Crippen LogP contribution in [0.4, 0.5) is 8.78 Å². The fraction of sp³-hybridized carbons (Fsp3) is 0.458. The normalized spacial score (nSPS) is 23.0. The van der Waals surface area contributed by atoms with E-state index in [-0.39, 0.29) is 41.4 Å². The van der Waals surface area contributed by atoms with Crippen molar-refractivity contribution in [2.45, 2.75) is 58.0 Å². The Kier molecular flexibility index (Phi) is 5.43. The Morgan fingerprint density at radius 1 is 1.26 bits per heavy atom. The Labute approximate surface area is 194 Å². The van der Waals surface area contributed by atoms with Crippen molar-refractivity contribution in [3.63, 3.8) is 0 Å². The number of amides is 2. The minimum Gasteiger partial charge on any atom is -0.503 e. The lowest BCUT2D eigenvalue weighted by molar-refractivity contribution is -0.171. The van der Waals surface area contributed by atoms with Gasteiger partial charge in [0.25, 0.3) is 11.8 Å². The summed E-state index contributed by atoms with van der Waals surface area (Å²) in [5, 5.41) is 13.0. The molecular formula is C24H25F2N3O5. The van der Waals surface area contributed by atoms with Crippen LogP contribution in [0, 0.1) is 17.0 Å². The van der Waals surface area contributed by atoms with Crippen LogP contribution in [0.1, 0.15) is 59.0 Å². The van der Waals surface area contributed by atoms with Gasteiger partial charge in [0, 0.05) is 35.8 Å². The van der Waals surface area contributed by atoms with Gasteiger partial charge in [-0.25, -0.2) is 8.78 Å². The van der Waals surface area contributed by atoms with Crippen LogP contribution in [0.3, 0.4) is 0 Å². The zero-order chi connectivity index (χ0) is 24.2. The summed E-state index contributed by atoms with van der Waals surface area (Å²) in [5.41, 5.74) is -1.64. The average molecular weight is 473 g/mol. The van der Waals surface area contributed by atoms with E-state index in [4.69, 9.17) is 4.74 Å². The number of hydrogen-bond acceptors (Lipinski definition) is 5. The van der Waals surface area contributed by atoms with E-state index >= 15 is 0 Å². The Bertz CT molecular complexity index is 1240. The molecule has 2 aliphatic heterocycles. The van der Waals surface area contributed by atoms with E-state index in [1.54, 1.807) is 4.90 Å². The SMILES string of the molecule is C[C@H]1N2C(=O)c3c(O)c(=O)c(C(=O)NCc4ccc(F)cc4F)cn3C[C@@H]2OCC12CCCC2. The highest BCUT2D eigenvalue weighted by molar-refractivity contribution is 5.99. The van der Waals surface area contributed by atoms with Crippen molar-refractivity contribution in [2.75, 3.05) is 6.61 Å². The molecular weight excluding hydrogens is 448 g/mol. The predicted octanol–water partition coefficient (Wildman–Crippen LogP) is 2.52. The fourth-order valence-electron chi connectivity index (χ4n) is 5.50. The number of fused-ring (bicyclic) bond motifs is 2. The van der Waals surface area contributed by atoms with Gasteiger partial charge >= 0.3 is 0 Å². The van der Waals surface area contributed by atoms with Crippen LogP contribution in [0.5, 0.6) is 5.75 Å². The highest BCUT2D eigenvalue weighted by atomic mass is 19.1. The molecule has 2 amide bonds. The first kappa shape index (κ1) is 22.5. The monoisotopic (exact) mass is 473 g/mol. The zero-order valence-electron chi connectivity index (χ0n) is 18.6. The van der Waals surface area contributed by atoms with Gasteiger partial charge < -0.3 is 24.6 Å². The maximum Gasteiger partial charge on any atom is 0.276 e. The molecule has 1 aromatic carbocycles. The molecule has 10 heteroatoms. The molecule has 2 N–H and O–H groups in total. The number of carbonyl (C=O) groups is 2. The molecule has 3 aliphatic rings. The van der Waals surface area contributed by atoms with Crippen LogP contribution in [-0.4, -0.2) is 45.3 Å². The molecule has 0 bridgehead atoms. The molecule has 1 spiro atoms. The number of carbonyl (C=O) groups excluding carboxylic acids is 2. The minimum absolute atomic E-state index is 0.0355. The van der Waals surface area contributed by atoms with Gasteiger partial charge in [-0.15, -0.1) is 0 Å². The van der Waals surface area contributed by atoms with Gasteiger partial charge in [0.1, 0.15) is 17.2 Å². The average Bonchev–Trinajstić information content (AvgIpc) is 3.27. The second kappa shape index (κ2) is 8.19. The number of rotatable bonds is 3. The Hall–Kier alpha value is -3.27. The summed E-state index contributed by atoms with van der Waals surface area (Å²) in [5.74, 6) is -3.74. The van der Waals surface area contributed by atoms with Crippen molar-refractivity contribution < 1.29 is 28.2 Å². The summed E-state index contributed by atoms with van der Waals surface area (Å²) in [4.78, 5) is 40.5. The van der Waals surface area contributed by atoms with Crippen LogP contribution >= 0.6 is 0 Å². The molecule has 2 aromatic rings. The quantitative estimate of drug-likeness (QED) is 0.714. The summed E-state index contributed by atoms with van der Waals surface area (Å²) in [7, 11) is 0. The first-order valence-corrected chi connectivity index (χ1v) is 11.3. The number of aromatic hydroxyl groups is 1. The third-order valence-corrected chi connectivity index (χ3v) is 7.52. The Morgan fingerprint density at radius 3 is 2.71 bits per heavy atom. The molecule has 5 rings (SSSR count). The number of hydrogen-bond donors (Lipinski definition) is 2. The predicted molar refractivity (Wildman–Crippen MR) is 116 cm³/mol. The van der Waals surface area contributed by atoms with E-state index in [0.29, 0.717) is 12.7 Å². The standard InChI is InChI=1S/C24H25F2N3O5/c1-13-24(6-2-3-7-24)12-34-18-11-28-10-16(20(30)21(31)19(28)23(33)29(13)18)22(32)27-9-14-4-5-15(25)8-17(14)26/h4-5,8,10,13,18,31H,2-3,6-7,9,11-12H2,1H3,(H,27,32)/t13-,18+/m1/s1. The largest absolute Gasteiger partial charge is 0.503 e. The zero-order valence-corrected chi connectivity index (χ0v) is 18.6. The van der Waals surface area contributed by atoms with E-state index in [1.165, 1.54) is 16.8 Å². The third-order valence-electron chi connectivity index (χ3n) is 7.52. The van der Waals surface area contributed by atoms with Gasteiger partial charge in [0.15, 0.2) is 17.7 Å². The van der Waals surface area contributed by atoms with E-state index in [9.17, 15) is 28.3 Å². The fourth-order valence-corrected chi connectivity index (χ4v) is 5.50. The summed E-state index contributed by atoms with van der Waals surface area (Å²) >= 11 is 0. The molecule has 180 valence electrons. The van der Waals surface area contributed by atoms with Crippen LogP contribution in [0.25, 0.3) is 0 Å². The topological polar surface area (TPSA) is 101 Å². The molecule has 2 atom stereocenters. The molecule has 0 radical (unpaired) electrons. The van der Waals surface area contributed by atoms with Crippen LogP contribution < -0.4 is 10.7 Å². The number of aromatic nitrogens is 1. The van der Waals surface area contributed by atoms with Gasteiger partial charge in [-0.05, 0) is 25.8 Å². The number of nitrogens with zero attached hydrogens (tertiary/aromatic N) is 2. The third kappa shape index (κ3) is 3.48. The lowest BCUT2D eigenvalue weighted by Gasteiger charge is -2.52. The summed E-state index contributed by atoms with van der Waals surface area (Å²) in [6.07, 6.45) is 4.70. The van der Waals surface area contributed by atoms with Crippen molar-refractivity contribution in [3.05, 3.63) is 63.1 Å². The van der Waals surface area contributed by atoms with Crippen molar-refractivity contribution in [3.8, 4) is 5.75 Å². The molecule has 1 saturated heterocycles. The maximum absolute atomic E-state index is 13.9. The van der Waals surface area contributed by atoms with Crippen LogP contribution in [0.2, 0.25) is 0 Å². The number of benzene rings is 1. The van der Waals surface area contributed by atoms with Crippen molar-refractivity contribution in [1.29, 1.82) is 0 Å². The molecule has 1 saturated carbocycles. The second-order valence-electron chi connectivity index (χ2n) is 9.36. The lowest BCUT2D eigenvalue weighted by atomic mass is 9.77. The molecule has 1 aromatic heterocycles. The second-order valence-corrected chi connectivity index (χ2v) is 9.36. The van der Waals surface area contributed by atoms with Gasteiger partial charge in [0.05, 0.1) is 13.2 Å². The Morgan fingerprint density at radius 2 is 2.00 bits per heavy atom. The summed E-state index contributed by atoms with van der Waals surface area (Å²) in [6, 6.07) is 2.83. The first-order valence-electron chi connectivity index (χ1n) is 11.3. The van der Waals surface area contributed by atoms with E-state index in [2.05, 4.69) is 5.32 Å². The van der Waals surface area contributed by atoms with Crippen molar-refractivity contribution >= 4 is 11.8 Å². The molecule has 1 aliphatic carbocycles. The molecule has 8 nitrogen and oxygen atoms in total. The van der Waals surface area contributed by atoms with E-state index in [0.717, 1.165) is 31.7 Å². The highest BCUT2D eigenvalue weighted by Gasteiger charge is 2.52. The van der Waals surface area contributed by atoms with Gasteiger partial charge in [-0.2, -0.15) is 0 Å².